The average molecular weight is 464 g/mol. The summed E-state index contributed by atoms with van der Waals surface area (Å²) in [6.45, 7) is 10.4. The summed E-state index contributed by atoms with van der Waals surface area (Å²) >= 11 is 0. The first-order valence-electron chi connectivity index (χ1n) is 12.2. The molecule has 0 aromatic carbocycles. The smallest absolute Gasteiger partial charge is 0.239 e. The number of aromatic nitrogens is 4. The highest BCUT2D eigenvalue weighted by molar-refractivity contribution is 5.91. The standard InChI is InChI=1S/C25H33N7O2/c1-17-13-18(2)32(29-17)23-14-22(27-25(28-23)21-8-7-19(3)34-21)26-24(33)16-30-12-9-20(15-30)31-10-5-4-6-11-31/h7-8,13-14,20H,4-6,9-12,15-16H2,1-3H3,(H,26,27,28,33)/t20-/m1/s1. The maximum absolute atomic E-state index is 12.9. The molecule has 1 amide bonds. The fraction of sp³-hybridized carbons (Fsp3) is 0.520. The highest BCUT2D eigenvalue weighted by Crippen LogP contribution is 2.23. The Morgan fingerprint density at radius 1 is 1.09 bits per heavy atom. The van der Waals surface area contributed by atoms with Crippen molar-refractivity contribution in [1.29, 1.82) is 0 Å². The lowest BCUT2D eigenvalue weighted by Gasteiger charge is -2.32. The molecule has 1 atom stereocenters. The van der Waals surface area contributed by atoms with Crippen molar-refractivity contribution in [2.45, 2.75) is 52.5 Å². The van der Waals surface area contributed by atoms with Crippen LogP contribution in [0.1, 0.15) is 42.8 Å². The van der Waals surface area contributed by atoms with Gasteiger partial charge < -0.3 is 9.73 Å². The fourth-order valence-corrected chi connectivity index (χ4v) is 5.06. The summed E-state index contributed by atoms with van der Waals surface area (Å²) < 4.78 is 7.51. The van der Waals surface area contributed by atoms with Crippen LogP contribution in [0.25, 0.3) is 17.4 Å². The molecule has 9 heteroatoms. The first-order chi connectivity index (χ1) is 16.4. The molecular weight excluding hydrogens is 430 g/mol. The lowest BCUT2D eigenvalue weighted by molar-refractivity contribution is -0.117. The van der Waals surface area contributed by atoms with Gasteiger partial charge in [0.05, 0.1) is 12.2 Å². The van der Waals surface area contributed by atoms with Crippen molar-refractivity contribution in [3.05, 3.63) is 41.4 Å². The molecule has 0 bridgehead atoms. The number of hydrogen-bond acceptors (Lipinski definition) is 7. The quantitative estimate of drug-likeness (QED) is 0.599. The van der Waals surface area contributed by atoms with Gasteiger partial charge in [-0.25, -0.2) is 14.6 Å². The molecule has 3 aromatic heterocycles. The molecule has 2 aliphatic rings. The van der Waals surface area contributed by atoms with Gasteiger partial charge in [-0.2, -0.15) is 5.10 Å². The predicted octanol–water partition coefficient (Wildman–Crippen LogP) is 3.35. The third kappa shape index (κ3) is 5.05. The number of amides is 1. The summed E-state index contributed by atoms with van der Waals surface area (Å²) in [5.74, 6) is 2.71. The molecule has 0 radical (unpaired) electrons. The van der Waals surface area contributed by atoms with E-state index in [0.29, 0.717) is 35.8 Å². The van der Waals surface area contributed by atoms with Gasteiger partial charge in [-0.15, -0.1) is 0 Å². The van der Waals surface area contributed by atoms with Crippen molar-refractivity contribution in [2.24, 2.45) is 0 Å². The Morgan fingerprint density at radius 3 is 2.62 bits per heavy atom. The lowest BCUT2D eigenvalue weighted by Crippen LogP contribution is -2.41. The Kier molecular flexibility index (Phi) is 6.47. The summed E-state index contributed by atoms with van der Waals surface area (Å²) in [5.41, 5.74) is 1.85. The average Bonchev–Trinajstić information content (AvgIpc) is 3.54. The van der Waals surface area contributed by atoms with Gasteiger partial charge in [-0.05, 0) is 71.3 Å². The molecule has 0 saturated carbocycles. The molecule has 5 rings (SSSR count). The molecule has 2 saturated heterocycles. The number of hydrogen-bond donors (Lipinski definition) is 1. The fourth-order valence-electron chi connectivity index (χ4n) is 5.06. The Labute approximate surface area is 200 Å². The topological polar surface area (TPSA) is 92.3 Å². The number of likely N-dealkylation sites (tertiary alicyclic amines) is 2. The molecule has 1 N–H and O–H groups in total. The highest BCUT2D eigenvalue weighted by atomic mass is 16.3. The number of aryl methyl sites for hydroxylation is 3. The number of furan rings is 1. The van der Waals surface area contributed by atoms with Crippen LogP contribution >= 0.6 is 0 Å². The second-order valence-electron chi connectivity index (χ2n) is 9.51. The molecule has 0 spiro atoms. The minimum absolute atomic E-state index is 0.0705. The molecule has 3 aromatic rings. The Bertz CT molecular complexity index is 1160. The molecule has 5 heterocycles. The van der Waals surface area contributed by atoms with Crippen LogP contribution in [-0.4, -0.2) is 74.2 Å². The molecule has 2 aliphatic heterocycles. The first-order valence-corrected chi connectivity index (χ1v) is 12.2. The van der Waals surface area contributed by atoms with Crippen molar-refractivity contribution < 1.29 is 9.21 Å². The van der Waals surface area contributed by atoms with Gasteiger partial charge in [-0.1, -0.05) is 6.42 Å². The van der Waals surface area contributed by atoms with E-state index in [4.69, 9.17) is 4.42 Å². The summed E-state index contributed by atoms with van der Waals surface area (Å²) in [6.07, 6.45) is 5.05. The second kappa shape index (κ2) is 9.68. The summed E-state index contributed by atoms with van der Waals surface area (Å²) in [6, 6.07) is 8.03. The van der Waals surface area contributed by atoms with E-state index < -0.39 is 0 Å². The van der Waals surface area contributed by atoms with Crippen molar-refractivity contribution in [3.8, 4) is 17.4 Å². The monoisotopic (exact) mass is 463 g/mol. The van der Waals surface area contributed by atoms with Crippen LogP contribution < -0.4 is 5.32 Å². The third-order valence-electron chi connectivity index (χ3n) is 6.69. The zero-order chi connectivity index (χ0) is 23.7. The van der Waals surface area contributed by atoms with E-state index in [0.717, 1.165) is 36.7 Å². The van der Waals surface area contributed by atoms with E-state index in [9.17, 15) is 4.79 Å². The summed E-state index contributed by atoms with van der Waals surface area (Å²) in [4.78, 5) is 27.0. The number of carbonyl (C=O) groups is 1. The Balaban J connectivity index is 1.32. The second-order valence-corrected chi connectivity index (χ2v) is 9.51. The number of nitrogens with zero attached hydrogens (tertiary/aromatic N) is 6. The SMILES string of the molecule is Cc1cc(C)n(-c2cc(NC(=O)CN3CC[C@@H](N4CCCCC4)C3)nc(-c3ccc(C)o3)n2)n1. The molecule has 180 valence electrons. The van der Waals surface area contributed by atoms with Crippen LogP contribution in [0.15, 0.2) is 28.7 Å². The minimum Gasteiger partial charge on any atom is -0.458 e. The lowest BCUT2D eigenvalue weighted by atomic mass is 10.1. The molecule has 9 nitrogen and oxygen atoms in total. The Morgan fingerprint density at radius 2 is 1.91 bits per heavy atom. The van der Waals surface area contributed by atoms with Crippen molar-refractivity contribution in [2.75, 3.05) is 38.0 Å². The maximum atomic E-state index is 12.9. The maximum Gasteiger partial charge on any atom is 0.239 e. The van der Waals surface area contributed by atoms with E-state index in [-0.39, 0.29) is 5.91 Å². The first kappa shape index (κ1) is 22.7. The van der Waals surface area contributed by atoms with Gasteiger partial charge in [0.25, 0.3) is 0 Å². The highest BCUT2D eigenvalue weighted by Gasteiger charge is 2.29. The summed E-state index contributed by atoms with van der Waals surface area (Å²) in [7, 11) is 0. The van der Waals surface area contributed by atoms with Crippen molar-refractivity contribution in [1.82, 2.24) is 29.5 Å². The number of anilines is 1. The van der Waals surface area contributed by atoms with Crippen LogP contribution in [-0.2, 0) is 4.79 Å². The van der Waals surface area contributed by atoms with E-state index in [1.165, 1.54) is 32.4 Å². The van der Waals surface area contributed by atoms with Gasteiger partial charge in [0.15, 0.2) is 17.4 Å². The number of rotatable bonds is 6. The van der Waals surface area contributed by atoms with Crippen molar-refractivity contribution >= 4 is 11.7 Å². The van der Waals surface area contributed by atoms with E-state index >= 15 is 0 Å². The largest absolute Gasteiger partial charge is 0.458 e. The van der Waals surface area contributed by atoms with Crippen LogP contribution in [0.4, 0.5) is 5.82 Å². The number of nitrogens with one attached hydrogen (secondary N) is 1. The van der Waals surface area contributed by atoms with Crippen molar-refractivity contribution in [3.63, 3.8) is 0 Å². The van der Waals surface area contributed by atoms with Crippen LogP contribution in [0, 0.1) is 20.8 Å². The van der Waals surface area contributed by atoms with Gasteiger partial charge in [0.2, 0.25) is 5.91 Å². The molecule has 2 fully saturated rings. The molecule has 0 unspecified atom stereocenters. The molecular formula is C25H33N7O2. The minimum atomic E-state index is -0.0705. The number of carbonyl (C=O) groups excluding carboxylic acids is 1. The zero-order valence-corrected chi connectivity index (χ0v) is 20.3. The van der Waals surface area contributed by atoms with E-state index in [1.807, 2.05) is 39.0 Å². The van der Waals surface area contributed by atoms with Crippen LogP contribution in [0.2, 0.25) is 0 Å². The van der Waals surface area contributed by atoms with E-state index in [2.05, 4.69) is 30.2 Å². The molecule has 34 heavy (non-hydrogen) atoms. The van der Waals surface area contributed by atoms with E-state index in [1.54, 1.807) is 10.7 Å². The number of piperidine rings is 1. The third-order valence-corrected chi connectivity index (χ3v) is 6.69. The van der Waals surface area contributed by atoms with Gasteiger partial charge in [-0.3, -0.25) is 14.6 Å². The van der Waals surface area contributed by atoms with Gasteiger partial charge in [0.1, 0.15) is 11.6 Å². The normalized spacial score (nSPS) is 19.6. The van der Waals surface area contributed by atoms with Gasteiger partial charge in [0, 0.05) is 30.9 Å². The molecule has 0 aliphatic carbocycles. The predicted molar refractivity (Wildman–Crippen MR) is 130 cm³/mol. The zero-order valence-electron chi connectivity index (χ0n) is 20.3. The van der Waals surface area contributed by atoms with Gasteiger partial charge >= 0.3 is 0 Å². The van der Waals surface area contributed by atoms with Crippen LogP contribution in [0.3, 0.4) is 0 Å². The van der Waals surface area contributed by atoms with Crippen LogP contribution in [0.5, 0.6) is 0 Å². The Hall–Kier alpha value is -3.04. The summed E-state index contributed by atoms with van der Waals surface area (Å²) in [5, 5.41) is 7.54.